The molecule has 30 heavy (non-hydrogen) atoms. The number of carbonyl (C=O) groups is 1. The average Bonchev–Trinajstić information content (AvgIpc) is 2.79. The Labute approximate surface area is 174 Å². The summed E-state index contributed by atoms with van der Waals surface area (Å²) >= 11 is 0. The molecule has 0 bridgehead atoms. The van der Waals surface area contributed by atoms with E-state index in [2.05, 4.69) is 20.8 Å². The van der Waals surface area contributed by atoms with Crippen LogP contribution in [0.25, 0.3) is 10.8 Å². The van der Waals surface area contributed by atoms with Crippen LogP contribution in [0.5, 0.6) is 0 Å². The molecule has 2 N–H and O–H groups in total. The number of hydrogen-bond donors (Lipinski definition) is 2. The molecule has 0 saturated carbocycles. The zero-order chi connectivity index (χ0) is 20.9. The van der Waals surface area contributed by atoms with Crippen LogP contribution < -0.4 is 10.6 Å². The summed E-state index contributed by atoms with van der Waals surface area (Å²) in [7, 11) is 0. The molecule has 0 fully saturated rings. The molecule has 5 nitrogen and oxygen atoms in total. The first kappa shape index (κ1) is 19.5. The SMILES string of the molecule is Cc1nnc(NCc2ccccc2)c2cc(C(=O)Nc3cccc(CF)c3)ccc12. The van der Waals surface area contributed by atoms with Crippen LogP contribution in [-0.2, 0) is 13.2 Å². The topological polar surface area (TPSA) is 66.9 Å². The van der Waals surface area contributed by atoms with Gasteiger partial charge < -0.3 is 10.6 Å². The molecule has 0 aliphatic carbocycles. The molecule has 150 valence electrons. The van der Waals surface area contributed by atoms with Crippen LogP contribution in [0.15, 0.2) is 72.8 Å². The van der Waals surface area contributed by atoms with E-state index in [0.717, 1.165) is 22.0 Å². The lowest BCUT2D eigenvalue weighted by Crippen LogP contribution is -2.12. The van der Waals surface area contributed by atoms with Crippen LogP contribution in [0, 0.1) is 6.92 Å². The molecule has 0 aliphatic heterocycles. The number of rotatable bonds is 6. The Kier molecular flexibility index (Phi) is 5.66. The van der Waals surface area contributed by atoms with Gasteiger partial charge in [0.25, 0.3) is 5.91 Å². The van der Waals surface area contributed by atoms with E-state index >= 15 is 0 Å². The molecule has 3 aromatic carbocycles. The van der Waals surface area contributed by atoms with Gasteiger partial charge in [-0.25, -0.2) is 4.39 Å². The van der Waals surface area contributed by atoms with Crippen molar-refractivity contribution in [1.29, 1.82) is 0 Å². The van der Waals surface area contributed by atoms with Crippen molar-refractivity contribution in [1.82, 2.24) is 10.2 Å². The molecule has 4 aromatic rings. The number of hydrogen-bond acceptors (Lipinski definition) is 4. The Morgan fingerprint density at radius 1 is 0.900 bits per heavy atom. The predicted molar refractivity (Wildman–Crippen MR) is 117 cm³/mol. The molecule has 0 atom stereocenters. The number of nitrogens with zero attached hydrogens (tertiary/aromatic N) is 2. The van der Waals surface area contributed by atoms with Gasteiger partial charge in [0.1, 0.15) is 6.67 Å². The maximum atomic E-state index is 12.9. The summed E-state index contributed by atoms with van der Waals surface area (Å²) in [5, 5.41) is 16.4. The highest BCUT2D eigenvalue weighted by Gasteiger charge is 2.12. The first-order valence-corrected chi connectivity index (χ1v) is 9.65. The van der Waals surface area contributed by atoms with E-state index in [-0.39, 0.29) is 5.91 Å². The van der Waals surface area contributed by atoms with Gasteiger partial charge in [-0.3, -0.25) is 4.79 Å². The lowest BCUT2D eigenvalue weighted by atomic mass is 10.1. The minimum Gasteiger partial charge on any atom is -0.364 e. The molecule has 0 unspecified atom stereocenters. The van der Waals surface area contributed by atoms with E-state index in [0.29, 0.717) is 29.2 Å². The van der Waals surface area contributed by atoms with E-state index in [1.54, 1.807) is 36.4 Å². The number of alkyl halides is 1. The van der Waals surface area contributed by atoms with Crippen molar-refractivity contribution >= 4 is 28.2 Å². The smallest absolute Gasteiger partial charge is 0.255 e. The van der Waals surface area contributed by atoms with Gasteiger partial charge in [-0.1, -0.05) is 48.5 Å². The quantitative estimate of drug-likeness (QED) is 0.463. The lowest BCUT2D eigenvalue weighted by molar-refractivity contribution is 0.102. The maximum absolute atomic E-state index is 12.9. The van der Waals surface area contributed by atoms with Crippen LogP contribution in [0.2, 0.25) is 0 Å². The molecule has 1 aromatic heterocycles. The van der Waals surface area contributed by atoms with Gasteiger partial charge in [-0.05, 0) is 42.3 Å². The minimum atomic E-state index is -0.575. The second-order valence-electron chi connectivity index (χ2n) is 7.02. The molecule has 0 spiro atoms. The van der Waals surface area contributed by atoms with Gasteiger partial charge in [-0.2, -0.15) is 5.10 Å². The second kappa shape index (κ2) is 8.69. The van der Waals surface area contributed by atoms with Crippen molar-refractivity contribution < 1.29 is 9.18 Å². The number of halogens is 1. The first-order chi connectivity index (χ1) is 14.6. The summed E-state index contributed by atoms with van der Waals surface area (Å²) in [6, 6.07) is 22.2. The maximum Gasteiger partial charge on any atom is 0.255 e. The number of benzene rings is 3. The summed E-state index contributed by atoms with van der Waals surface area (Å²) in [4.78, 5) is 12.8. The van der Waals surface area contributed by atoms with Crippen molar-refractivity contribution in [2.45, 2.75) is 20.1 Å². The molecule has 6 heteroatoms. The van der Waals surface area contributed by atoms with Gasteiger partial charge >= 0.3 is 0 Å². The number of carbonyl (C=O) groups excluding carboxylic acids is 1. The average molecular weight is 400 g/mol. The monoisotopic (exact) mass is 400 g/mol. The third-order valence-electron chi connectivity index (χ3n) is 4.87. The number of aryl methyl sites for hydroxylation is 1. The zero-order valence-electron chi connectivity index (χ0n) is 16.5. The Morgan fingerprint density at radius 2 is 1.70 bits per heavy atom. The van der Waals surface area contributed by atoms with Gasteiger partial charge in [0, 0.05) is 28.6 Å². The Balaban J connectivity index is 1.62. The van der Waals surface area contributed by atoms with Crippen molar-refractivity contribution in [3.63, 3.8) is 0 Å². The van der Waals surface area contributed by atoms with Gasteiger partial charge in [0.15, 0.2) is 5.82 Å². The van der Waals surface area contributed by atoms with Crippen LogP contribution in [0.3, 0.4) is 0 Å². The summed E-state index contributed by atoms with van der Waals surface area (Å²) in [5.74, 6) is 0.352. The molecule has 1 heterocycles. The first-order valence-electron chi connectivity index (χ1n) is 9.65. The van der Waals surface area contributed by atoms with Crippen molar-refractivity contribution in [3.05, 3.63) is 95.2 Å². The molecule has 0 aliphatic rings. The van der Waals surface area contributed by atoms with Gasteiger partial charge in [0.2, 0.25) is 0 Å². The number of nitrogens with one attached hydrogen (secondary N) is 2. The van der Waals surface area contributed by atoms with Crippen molar-refractivity contribution in [2.75, 3.05) is 10.6 Å². The van der Waals surface area contributed by atoms with E-state index < -0.39 is 6.67 Å². The van der Waals surface area contributed by atoms with Crippen molar-refractivity contribution in [2.24, 2.45) is 0 Å². The van der Waals surface area contributed by atoms with E-state index in [4.69, 9.17) is 0 Å². The summed E-state index contributed by atoms with van der Waals surface area (Å²) < 4.78 is 12.9. The molecular weight excluding hydrogens is 379 g/mol. The third-order valence-corrected chi connectivity index (χ3v) is 4.87. The van der Waals surface area contributed by atoms with Crippen molar-refractivity contribution in [3.8, 4) is 0 Å². The fraction of sp³-hybridized carbons (Fsp3) is 0.125. The summed E-state index contributed by atoms with van der Waals surface area (Å²) in [6.07, 6.45) is 0. The molecular formula is C24H21FN4O. The fourth-order valence-electron chi connectivity index (χ4n) is 3.28. The van der Waals surface area contributed by atoms with Crippen LogP contribution in [-0.4, -0.2) is 16.1 Å². The van der Waals surface area contributed by atoms with Crippen LogP contribution >= 0.6 is 0 Å². The zero-order valence-corrected chi connectivity index (χ0v) is 16.5. The number of aromatic nitrogens is 2. The number of fused-ring (bicyclic) bond motifs is 1. The number of anilines is 2. The highest BCUT2D eigenvalue weighted by molar-refractivity contribution is 6.07. The Morgan fingerprint density at radius 3 is 2.50 bits per heavy atom. The van der Waals surface area contributed by atoms with Crippen LogP contribution in [0.4, 0.5) is 15.9 Å². The normalized spacial score (nSPS) is 10.7. The van der Waals surface area contributed by atoms with Crippen LogP contribution in [0.1, 0.15) is 27.2 Å². The summed E-state index contributed by atoms with van der Waals surface area (Å²) in [6.45, 7) is 1.91. The van der Waals surface area contributed by atoms with E-state index in [9.17, 15) is 9.18 Å². The molecule has 4 rings (SSSR count). The summed E-state index contributed by atoms with van der Waals surface area (Å²) in [5.41, 5.74) is 3.47. The Hall–Kier alpha value is -3.80. The second-order valence-corrected chi connectivity index (χ2v) is 7.02. The standard InChI is InChI=1S/C24H21FN4O/c1-16-21-11-10-19(24(30)27-20-9-5-8-18(12-20)14-25)13-22(21)23(29-28-16)26-15-17-6-3-2-4-7-17/h2-13H,14-15H2,1H3,(H,26,29)(H,27,30). The molecule has 0 radical (unpaired) electrons. The fourth-order valence-corrected chi connectivity index (χ4v) is 3.28. The van der Waals surface area contributed by atoms with E-state index in [1.807, 2.05) is 43.3 Å². The number of amides is 1. The molecule has 0 saturated heterocycles. The highest BCUT2D eigenvalue weighted by atomic mass is 19.1. The van der Waals surface area contributed by atoms with E-state index in [1.165, 1.54) is 0 Å². The Bertz CT molecular complexity index is 1190. The molecule has 1 amide bonds. The minimum absolute atomic E-state index is 0.267. The third kappa shape index (κ3) is 4.27. The predicted octanol–water partition coefficient (Wildman–Crippen LogP) is 5.27. The largest absolute Gasteiger partial charge is 0.364 e. The lowest BCUT2D eigenvalue weighted by Gasteiger charge is -2.12. The van der Waals surface area contributed by atoms with Gasteiger partial charge in [-0.15, -0.1) is 5.10 Å². The highest BCUT2D eigenvalue weighted by Crippen LogP contribution is 2.25. The van der Waals surface area contributed by atoms with Gasteiger partial charge in [0.05, 0.1) is 5.69 Å².